The number of thiazole rings is 1. The lowest BCUT2D eigenvalue weighted by molar-refractivity contribution is 0.475. The third kappa shape index (κ3) is 2.36. The van der Waals surface area contributed by atoms with Crippen LogP contribution in [0.5, 0.6) is 0 Å². The second-order valence-electron chi connectivity index (χ2n) is 5.55. The Balaban J connectivity index is 1.59. The van der Waals surface area contributed by atoms with Crippen molar-refractivity contribution in [2.45, 2.75) is 32.2 Å². The van der Waals surface area contributed by atoms with E-state index in [0.717, 1.165) is 36.6 Å². The Kier molecular flexibility index (Phi) is 3.24. The molecule has 0 saturated heterocycles. The zero-order chi connectivity index (χ0) is 14.2. The van der Waals surface area contributed by atoms with Gasteiger partial charge in [-0.3, -0.25) is 0 Å². The zero-order valence-electron chi connectivity index (χ0n) is 12.0. The molecule has 1 aliphatic rings. The minimum Gasteiger partial charge on any atom is -0.309 e. The summed E-state index contributed by atoms with van der Waals surface area (Å²) in [6, 6.07) is 11.1. The van der Waals surface area contributed by atoms with Crippen LogP contribution in [0, 0.1) is 6.92 Å². The summed E-state index contributed by atoms with van der Waals surface area (Å²) in [4.78, 5) is 6.97. The molecule has 0 aliphatic carbocycles. The number of nitrogens with zero attached hydrogens (tertiary/aromatic N) is 3. The number of aryl methyl sites for hydroxylation is 2. The van der Waals surface area contributed by atoms with Gasteiger partial charge in [0, 0.05) is 23.9 Å². The van der Waals surface area contributed by atoms with E-state index in [2.05, 4.69) is 45.7 Å². The molecule has 0 spiro atoms. The third-order valence-electron chi connectivity index (χ3n) is 4.06. The summed E-state index contributed by atoms with van der Waals surface area (Å²) in [5.41, 5.74) is 2.76. The lowest BCUT2D eigenvalue weighted by Gasteiger charge is -2.23. The van der Waals surface area contributed by atoms with Crippen molar-refractivity contribution in [2.24, 2.45) is 0 Å². The predicted molar refractivity (Wildman–Crippen MR) is 84.8 cm³/mol. The molecule has 4 rings (SSSR count). The van der Waals surface area contributed by atoms with Crippen molar-refractivity contribution in [2.75, 3.05) is 6.54 Å². The molecule has 3 heterocycles. The van der Waals surface area contributed by atoms with Crippen molar-refractivity contribution >= 4 is 16.3 Å². The molecule has 1 N–H and O–H groups in total. The molecule has 3 aromatic rings. The lowest BCUT2D eigenvalue weighted by atomic mass is 10.00. The standard InChI is InChI=1S/C16H18N4S/c1-11-18-16-20(19-11)14-9-10-17-13(15(14)21-16)8-7-12-5-3-2-4-6-12/h2-6,13,17H,7-10H2,1H3. The van der Waals surface area contributed by atoms with E-state index in [0.29, 0.717) is 6.04 Å². The molecular weight excluding hydrogens is 280 g/mol. The van der Waals surface area contributed by atoms with Crippen molar-refractivity contribution < 1.29 is 0 Å². The van der Waals surface area contributed by atoms with E-state index in [1.165, 1.54) is 16.1 Å². The minimum atomic E-state index is 0.433. The van der Waals surface area contributed by atoms with E-state index in [9.17, 15) is 0 Å². The van der Waals surface area contributed by atoms with E-state index in [1.807, 2.05) is 11.4 Å². The summed E-state index contributed by atoms with van der Waals surface area (Å²) in [6.45, 7) is 2.98. The summed E-state index contributed by atoms with van der Waals surface area (Å²) in [6.07, 6.45) is 3.27. The van der Waals surface area contributed by atoms with Crippen LogP contribution in [0.4, 0.5) is 0 Å². The van der Waals surface area contributed by atoms with E-state index >= 15 is 0 Å². The van der Waals surface area contributed by atoms with Gasteiger partial charge in [0.2, 0.25) is 4.96 Å². The van der Waals surface area contributed by atoms with E-state index in [4.69, 9.17) is 0 Å². The Morgan fingerprint density at radius 3 is 3.05 bits per heavy atom. The van der Waals surface area contributed by atoms with E-state index in [1.54, 1.807) is 11.3 Å². The fourth-order valence-corrected chi connectivity index (χ4v) is 4.31. The first-order valence-corrected chi connectivity index (χ1v) is 8.25. The summed E-state index contributed by atoms with van der Waals surface area (Å²) in [7, 11) is 0. The topological polar surface area (TPSA) is 42.2 Å². The number of benzene rings is 1. The predicted octanol–water partition coefficient (Wildman–Crippen LogP) is 2.92. The largest absolute Gasteiger partial charge is 0.309 e. The van der Waals surface area contributed by atoms with Crippen LogP contribution in [0.15, 0.2) is 30.3 Å². The first kappa shape index (κ1) is 13.0. The van der Waals surface area contributed by atoms with Crippen LogP contribution in [-0.4, -0.2) is 21.1 Å². The van der Waals surface area contributed by atoms with Crippen molar-refractivity contribution in [1.29, 1.82) is 0 Å². The molecule has 1 aliphatic heterocycles. The van der Waals surface area contributed by atoms with Gasteiger partial charge in [0.05, 0.1) is 5.69 Å². The average molecular weight is 298 g/mol. The Hall–Kier alpha value is -1.72. The van der Waals surface area contributed by atoms with Crippen molar-refractivity contribution in [1.82, 2.24) is 19.9 Å². The van der Waals surface area contributed by atoms with Gasteiger partial charge in [-0.15, -0.1) is 0 Å². The van der Waals surface area contributed by atoms with Crippen LogP contribution in [0.25, 0.3) is 4.96 Å². The molecule has 21 heavy (non-hydrogen) atoms. The number of hydrogen-bond donors (Lipinski definition) is 1. The fourth-order valence-electron chi connectivity index (χ4n) is 3.05. The second kappa shape index (κ2) is 5.24. The van der Waals surface area contributed by atoms with Gasteiger partial charge in [0.15, 0.2) is 0 Å². The molecule has 0 radical (unpaired) electrons. The molecule has 1 atom stereocenters. The van der Waals surface area contributed by atoms with E-state index < -0.39 is 0 Å². The van der Waals surface area contributed by atoms with Gasteiger partial charge >= 0.3 is 0 Å². The highest BCUT2D eigenvalue weighted by Crippen LogP contribution is 2.33. The van der Waals surface area contributed by atoms with Gasteiger partial charge in [-0.25, -0.2) is 9.50 Å². The van der Waals surface area contributed by atoms with Crippen molar-refractivity contribution in [3.63, 3.8) is 0 Å². The van der Waals surface area contributed by atoms with Crippen LogP contribution >= 0.6 is 11.3 Å². The van der Waals surface area contributed by atoms with Crippen molar-refractivity contribution in [3.05, 3.63) is 52.3 Å². The molecule has 108 valence electrons. The third-order valence-corrected chi connectivity index (χ3v) is 5.25. The smallest absolute Gasteiger partial charge is 0.212 e. The lowest BCUT2D eigenvalue weighted by Crippen LogP contribution is -2.29. The molecule has 1 aromatic carbocycles. The van der Waals surface area contributed by atoms with Crippen molar-refractivity contribution in [3.8, 4) is 0 Å². The van der Waals surface area contributed by atoms with Gasteiger partial charge in [-0.2, -0.15) is 5.10 Å². The molecule has 0 bridgehead atoms. The van der Waals surface area contributed by atoms with Crippen LogP contribution in [0.2, 0.25) is 0 Å². The Morgan fingerprint density at radius 1 is 1.33 bits per heavy atom. The average Bonchev–Trinajstić information content (AvgIpc) is 3.02. The Bertz CT molecular complexity index is 759. The highest BCUT2D eigenvalue weighted by atomic mass is 32.1. The molecule has 0 saturated carbocycles. The zero-order valence-corrected chi connectivity index (χ0v) is 12.9. The summed E-state index contributed by atoms with van der Waals surface area (Å²) < 4.78 is 2.05. The molecule has 0 amide bonds. The molecule has 1 unspecified atom stereocenters. The number of hydrogen-bond acceptors (Lipinski definition) is 4. The number of nitrogens with one attached hydrogen (secondary N) is 1. The highest BCUT2D eigenvalue weighted by Gasteiger charge is 2.25. The van der Waals surface area contributed by atoms with Crippen LogP contribution in [-0.2, 0) is 12.8 Å². The van der Waals surface area contributed by atoms with Gasteiger partial charge in [0.25, 0.3) is 0 Å². The van der Waals surface area contributed by atoms with Gasteiger partial charge < -0.3 is 5.32 Å². The quantitative estimate of drug-likeness (QED) is 0.808. The number of rotatable bonds is 3. The minimum absolute atomic E-state index is 0.433. The fraction of sp³-hybridized carbons (Fsp3) is 0.375. The maximum Gasteiger partial charge on any atom is 0.212 e. The summed E-state index contributed by atoms with van der Waals surface area (Å²) in [5, 5.41) is 8.18. The molecular formula is C16H18N4S. The second-order valence-corrected chi connectivity index (χ2v) is 6.56. The molecule has 4 nitrogen and oxygen atoms in total. The van der Waals surface area contributed by atoms with Gasteiger partial charge in [-0.05, 0) is 25.3 Å². The van der Waals surface area contributed by atoms with Gasteiger partial charge in [0.1, 0.15) is 5.82 Å². The number of fused-ring (bicyclic) bond motifs is 3. The molecule has 0 fully saturated rings. The van der Waals surface area contributed by atoms with E-state index in [-0.39, 0.29) is 0 Å². The number of aromatic nitrogens is 3. The van der Waals surface area contributed by atoms with Crippen LogP contribution in [0.1, 0.15) is 34.4 Å². The Labute approximate surface area is 127 Å². The SMILES string of the molecule is Cc1nc2sc3c(n2n1)CCNC3CCc1ccccc1. The summed E-state index contributed by atoms with van der Waals surface area (Å²) in [5.74, 6) is 0.864. The summed E-state index contributed by atoms with van der Waals surface area (Å²) >= 11 is 1.79. The Morgan fingerprint density at radius 2 is 2.19 bits per heavy atom. The normalized spacial score (nSPS) is 18.0. The maximum atomic E-state index is 4.53. The first-order valence-electron chi connectivity index (χ1n) is 7.43. The highest BCUT2D eigenvalue weighted by molar-refractivity contribution is 7.17. The monoisotopic (exact) mass is 298 g/mol. The first-order chi connectivity index (χ1) is 10.3. The van der Waals surface area contributed by atoms with Crippen LogP contribution < -0.4 is 5.32 Å². The van der Waals surface area contributed by atoms with Gasteiger partial charge in [-0.1, -0.05) is 41.7 Å². The molecule has 2 aromatic heterocycles. The maximum absolute atomic E-state index is 4.53. The van der Waals surface area contributed by atoms with Crippen LogP contribution in [0.3, 0.4) is 0 Å². The molecule has 5 heteroatoms.